The van der Waals surface area contributed by atoms with E-state index in [9.17, 15) is 5.11 Å². The Balaban J connectivity index is 3.12. The van der Waals surface area contributed by atoms with Crippen LogP contribution in [0.15, 0.2) is 0 Å². The highest BCUT2D eigenvalue weighted by Crippen LogP contribution is 2.31. The largest absolute Gasteiger partial charge is 0.504 e. The van der Waals surface area contributed by atoms with Crippen LogP contribution in [0.3, 0.4) is 0 Å². The standard InChI is InChI=1S/C12H22N2O/c1-6-8(3)11-12(15)10(5)14(13-11)9(4)7-2/h8-9,15H,6-7H2,1-5H3. The topological polar surface area (TPSA) is 38.0 Å². The van der Waals surface area contributed by atoms with Gasteiger partial charge in [-0.3, -0.25) is 4.68 Å². The predicted molar refractivity (Wildman–Crippen MR) is 62.3 cm³/mol. The zero-order valence-electron chi connectivity index (χ0n) is 10.4. The third kappa shape index (κ3) is 2.16. The van der Waals surface area contributed by atoms with Gasteiger partial charge >= 0.3 is 0 Å². The third-order valence-electron chi connectivity index (χ3n) is 3.23. The molecule has 2 unspecified atom stereocenters. The summed E-state index contributed by atoms with van der Waals surface area (Å²) >= 11 is 0. The summed E-state index contributed by atoms with van der Waals surface area (Å²) in [7, 11) is 0. The van der Waals surface area contributed by atoms with Crippen molar-refractivity contribution in [1.82, 2.24) is 9.78 Å². The summed E-state index contributed by atoms with van der Waals surface area (Å²) in [5.74, 6) is 0.707. The molecule has 0 spiro atoms. The zero-order chi connectivity index (χ0) is 11.6. The third-order valence-corrected chi connectivity index (χ3v) is 3.23. The Morgan fingerprint density at radius 2 is 1.87 bits per heavy atom. The Labute approximate surface area is 92.1 Å². The van der Waals surface area contributed by atoms with E-state index in [1.807, 2.05) is 11.6 Å². The first-order valence-electron chi connectivity index (χ1n) is 5.80. The van der Waals surface area contributed by atoms with Gasteiger partial charge in [-0.05, 0) is 26.7 Å². The smallest absolute Gasteiger partial charge is 0.160 e. The highest BCUT2D eigenvalue weighted by molar-refractivity contribution is 5.33. The molecule has 0 amide bonds. The number of aromatic nitrogens is 2. The Kier molecular flexibility index (Phi) is 3.77. The van der Waals surface area contributed by atoms with Crippen LogP contribution in [-0.4, -0.2) is 14.9 Å². The summed E-state index contributed by atoms with van der Waals surface area (Å²) in [6.45, 7) is 10.4. The summed E-state index contributed by atoms with van der Waals surface area (Å²) < 4.78 is 1.94. The van der Waals surface area contributed by atoms with E-state index in [4.69, 9.17) is 0 Å². The van der Waals surface area contributed by atoms with Gasteiger partial charge in [-0.15, -0.1) is 0 Å². The molecule has 0 aromatic carbocycles. The molecule has 86 valence electrons. The summed E-state index contributed by atoms with van der Waals surface area (Å²) in [5, 5.41) is 14.5. The van der Waals surface area contributed by atoms with Gasteiger partial charge in [0.1, 0.15) is 5.69 Å². The van der Waals surface area contributed by atoms with Crippen LogP contribution in [-0.2, 0) is 0 Å². The molecule has 3 nitrogen and oxygen atoms in total. The lowest BCUT2D eigenvalue weighted by atomic mass is 10.0. The number of rotatable bonds is 4. The quantitative estimate of drug-likeness (QED) is 0.827. The molecular weight excluding hydrogens is 188 g/mol. The molecule has 0 radical (unpaired) electrons. The molecule has 1 aromatic rings. The van der Waals surface area contributed by atoms with Gasteiger partial charge in [0.05, 0.1) is 5.69 Å². The van der Waals surface area contributed by atoms with Crippen molar-refractivity contribution in [2.75, 3.05) is 0 Å². The molecule has 15 heavy (non-hydrogen) atoms. The molecule has 2 atom stereocenters. The molecule has 0 fully saturated rings. The van der Waals surface area contributed by atoms with Crippen molar-refractivity contribution < 1.29 is 5.11 Å². The van der Waals surface area contributed by atoms with Crippen molar-refractivity contribution in [3.05, 3.63) is 11.4 Å². The summed E-state index contributed by atoms with van der Waals surface area (Å²) in [6.07, 6.45) is 2.03. The normalized spacial score (nSPS) is 15.3. The minimum Gasteiger partial charge on any atom is -0.504 e. The number of aromatic hydroxyl groups is 1. The lowest BCUT2D eigenvalue weighted by molar-refractivity contribution is 0.445. The first kappa shape index (κ1) is 12.1. The Bertz CT molecular complexity index is 300. The summed E-state index contributed by atoms with van der Waals surface area (Å²) in [5.41, 5.74) is 1.73. The molecule has 0 aliphatic heterocycles. The maximum absolute atomic E-state index is 9.98. The molecule has 0 bridgehead atoms. The molecule has 1 rings (SSSR count). The van der Waals surface area contributed by atoms with Crippen LogP contribution in [0, 0.1) is 6.92 Å². The molecule has 3 heteroatoms. The van der Waals surface area contributed by atoms with Crippen molar-refractivity contribution >= 4 is 0 Å². The number of hydrogen-bond donors (Lipinski definition) is 1. The van der Waals surface area contributed by atoms with Gasteiger partial charge in [-0.25, -0.2) is 0 Å². The van der Waals surface area contributed by atoms with Gasteiger partial charge in [0, 0.05) is 12.0 Å². The van der Waals surface area contributed by atoms with E-state index in [0.29, 0.717) is 17.7 Å². The van der Waals surface area contributed by atoms with Crippen molar-refractivity contribution in [2.24, 2.45) is 0 Å². The molecular formula is C12H22N2O. The second-order valence-corrected chi connectivity index (χ2v) is 4.33. The highest BCUT2D eigenvalue weighted by atomic mass is 16.3. The fourth-order valence-corrected chi connectivity index (χ4v) is 1.66. The van der Waals surface area contributed by atoms with Gasteiger partial charge in [0.2, 0.25) is 0 Å². The lowest BCUT2D eigenvalue weighted by Gasteiger charge is -2.11. The van der Waals surface area contributed by atoms with Crippen LogP contribution >= 0.6 is 0 Å². The molecule has 0 aliphatic rings. The van der Waals surface area contributed by atoms with Crippen LogP contribution in [0.25, 0.3) is 0 Å². The van der Waals surface area contributed by atoms with E-state index >= 15 is 0 Å². The van der Waals surface area contributed by atoms with Crippen molar-refractivity contribution in [2.45, 2.75) is 59.4 Å². The SMILES string of the molecule is CCC(C)c1nn(C(C)CC)c(C)c1O. The minimum absolute atomic E-state index is 0.328. The van der Waals surface area contributed by atoms with Crippen molar-refractivity contribution in [3.8, 4) is 5.75 Å². The maximum atomic E-state index is 9.98. The van der Waals surface area contributed by atoms with Crippen LogP contribution in [0.4, 0.5) is 0 Å². The fraction of sp³-hybridized carbons (Fsp3) is 0.750. The van der Waals surface area contributed by atoms with E-state index < -0.39 is 0 Å². The van der Waals surface area contributed by atoms with Crippen LogP contribution in [0.1, 0.15) is 63.9 Å². The first-order chi connectivity index (χ1) is 7.02. The van der Waals surface area contributed by atoms with E-state index in [1.165, 1.54) is 0 Å². The van der Waals surface area contributed by atoms with Gasteiger partial charge in [0.25, 0.3) is 0 Å². The van der Waals surface area contributed by atoms with Gasteiger partial charge < -0.3 is 5.11 Å². The Morgan fingerprint density at radius 3 is 2.33 bits per heavy atom. The predicted octanol–water partition coefficient (Wildman–Crippen LogP) is 3.38. The Morgan fingerprint density at radius 1 is 1.27 bits per heavy atom. The van der Waals surface area contributed by atoms with Crippen molar-refractivity contribution in [3.63, 3.8) is 0 Å². The molecule has 1 heterocycles. The Hall–Kier alpha value is -0.990. The van der Waals surface area contributed by atoms with Crippen LogP contribution in [0.5, 0.6) is 5.75 Å². The zero-order valence-corrected chi connectivity index (χ0v) is 10.4. The molecule has 0 aliphatic carbocycles. The molecule has 1 N–H and O–H groups in total. The fourth-order valence-electron chi connectivity index (χ4n) is 1.66. The second-order valence-electron chi connectivity index (χ2n) is 4.33. The summed E-state index contributed by atoms with van der Waals surface area (Å²) in [4.78, 5) is 0. The van der Waals surface area contributed by atoms with Gasteiger partial charge in [-0.2, -0.15) is 5.10 Å². The monoisotopic (exact) mass is 210 g/mol. The van der Waals surface area contributed by atoms with Gasteiger partial charge in [0.15, 0.2) is 5.75 Å². The van der Waals surface area contributed by atoms with Crippen molar-refractivity contribution in [1.29, 1.82) is 0 Å². The average Bonchev–Trinajstić information content (AvgIpc) is 2.54. The van der Waals surface area contributed by atoms with E-state index in [2.05, 4.69) is 32.8 Å². The number of hydrogen-bond acceptors (Lipinski definition) is 2. The summed E-state index contributed by atoms with van der Waals surface area (Å²) in [6, 6.07) is 0.355. The van der Waals surface area contributed by atoms with E-state index in [1.54, 1.807) is 0 Å². The average molecular weight is 210 g/mol. The van der Waals surface area contributed by atoms with E-state index in [-0.39, 0.29) is 0 Å². The first-order valence-corrected chi connectivity index (χ1v) is 5.80. The molecule has 0 saturated carbocycles. The van der Waals surface area contributed by atoms with Crippen LogP contribution < -0.4 is 0 Å². The van der Waals surface area contributed by atoms with Gasteiger partial charge in [-0.1, -0.05) is 20.8 Å². The maximum Gasteiger partial charge on any atom is 0.160 e. The second kappa shape index (κ2) is 4.69. The highest BCUT2D eigenvalue weighted by Gasteiger charge is 2.19. The minimum atomic E-state index is 0.328. The van der Waals surface area contributed by atoms with Crippen LogP contribution in [0.2, 0.25) is 0 Å². The van der Waals surface area contributed by atoms with E-state index in [0.717, 1.165) is 24.2 Å². The lowest BCUT2D eigenvalue weighted by Crippen LogP contribution is -2.08. The molecule has 1 aromatic heterocycles. The number of nitrogens with zero attached hydrogens (tertiary/aromatic N) is 2. The molecule has 0 saturated heterocycles.